The molecule has 0 aromatic heterocycles. The van der Waals surface area contributed by atoms with Crippen LogP contribution in [0, 0.1) is 5.92 Å². The Morgan fingerprint density at radius 3 is 2.56 bits per heavy atom. The second-order valence-electron chi connectivity index (χ2n) is 6.62. The van der Waals surface area contributed by atoms with Crippen molar-refractivity contribution in [2.24, 2.45) is 5.92 Å². The van der Waals surface area contributed by atoms with Gasteiger partial charge in [0, 0.05) is 18.6 Å². The van der Waals surface area contributed by atoms with E-state index in [4.69, 9.17) is 0 Å². The Kier molecular flexibility index (Phi) is 4.22. The topological polar surface area (TPSA) is 18.5 Å². The number of hydrogen-bond acceptors (Lipinski definition) is 3. The molecule has 0 aromatic carbocycles. The van der Waals surface area contributed by atoms with Gasteiger partial charge < -0.3 is 15.1 Å². The Morgan fingerprint density at radius 2 is 1.89 bits per heavy atom. The van der Waals surface area contributed by atoms with E-state index in [-0.39, 0.29) is 0 Å². The highest BCUT2D eigenvalue weighted by molar-refractivity contribution is 4.91. The zero-order valence-electron chi connectivity index (χ0n) is 11.9. The Balaban J connectivity index is 1.39. The summed E-state index contributed by atoms with van der Waals surface area (Å²) in [7, 11) is 2.30. The van der Waals surface area contributed by atoms with Crippen molar-refractivity contribution in [3.63, 3.8) is 0 Å². The summed E-state index contributed by atoms with van der Waals surface area (Å²) in [5.41, 5.74) is 0. The lowest BCUT2D eigenvalue weighted by atomic mass is 9.84. The van der Waals surface area contributed by atoms with E-state index in [9.17, 15) is 0 Å². The van der Waals surface area contributed by atoms with Gasteiger partial charge >= 0.3 is 0 Å². The van der Waals surface area contributed by atoms with E-state index in [0.717, 1.165) is 18.0 Å². The first-order valence-corrected chi connectivity index (χ1v) is 7.99. The van der Waals surface area contributed by atoms with Crippen molar-refractivity contribution >= 4 is 0 Å². The molecule has 0 spiro atoms. The van der Waals surface area contributed by atoms with E-state index in [0.29, 0.717) is 0 Å². The van der Waals surface area contributed by atoms with Crippen LogP contribution in [-0.2, 0) is 0 Å². The number of piperidine rings is 4. The van der Waals surface area contributed by atoms with E-state index in [1.807, 2.05) is 0 Å². The third kappa shape index (κ3) is 2.89. The predicted molar refractivity (Wildman–Crippen MR) is 75.8 cm³/mol. The number of likely N-dealkylation sites (tertiary alicyclic amines) is 1. The van der Waals surface area contributed by atoms with Crippen molar-refractivity contribution in [3.8, 4) is 0 Å². The average molecular weight is 251 g/mol. The number of nitrogens with zero attached hydrogens (tertiary/aromatic N) is 2. The molecule has 0 aliphatic carbocycles. The highest BCUT2D eigenvalue weighted by Gasteiger charge is 2.33. The molecule has 1 N–H and O–H groups in total. The highest BCUT2D eigenvalue weighted by atomic mass is 15.2. The summed E-state index contributed by atoms with van der Waals surface area (Å²) in [6.45, 7) is 6.56. The zero-order chi connectivity index (χ0) is 12.4. The van der Waals surface area contributed by atoms with Crippen LogP contribution < -0.4 is 5.32 Å². The van der Waals surface area contributed by atoms with Crippen molar-refractivity contribution in [1.82, 2.24) is 15.1 Å². The van der Waals surface area contributed by atoms with Crippen molar-refractivity contribution in [3.05, 3.63) is 0 Å². The zero-order valence-corrected chi connectivity index (χ0v) is 11.9. The molecule has 3 nitrogen and oxygen atoms in total. The Hall–Kier alpha value is -0.120. The van der Waals surface area contributed by atoms with Crippen molar-refractivity contribution in [2.45, 2.75) is 50.6 Å². The molecule has 4 aliphatic rings. The third-order valence-electron chi connectivity index (χ3n) is 5.46. The summed E-state index contributed by atoms with van der Waals surface area (Å²) < 4.78 is 0. The summed E-state index contributed by atoms with van der Waals surface area (Å²) in [6.07, 6.45) is 8.47. The molecule has 2 bridgehead atoms. The normalized spacial score (nSPS) is 41.2. The van der Waals surface area contributed by atoms with Crippen molar-refractivity contribution in [2.75, 3.05) is 39.8 Å². The molecule has 4 aliphatic heterocycles. The molecule has 104 valence electrons. The van der Waals surface area contributed by atoms with E-state index in [2.05, 4.69) is 22.2 Å². The molecule has 2 atom stereocenters. The first-order chi connectivity index (χ1) is 8.83. The maximum atomic E-state index is 3.85. The SMILES string of the molecule is CN1CCCCC1CCNC1CN2CCC1CC2. The van der Waals surface area contributed by atoms with Gasteiger partial charge in [-0.05, 0) is 71.2 Å². The van der Waals surface area contributed by atoms with Gasteiger partial charge in [0.05, 0.1) is 0 Å². The van der Waals surface area contributed by atoms with Crippen molar-refractivity contribution < 1.29 is 0 Å². The summed E-state index contributed by atoms with van der Waals surface area (Å²) in [4.78, 5) is 5.21. The molecule has 0 radical (unpaired) electrons. The smallest absolute Gasteiger partial charge is 0.0224 e. The molecule has 4 saturated heterocycles. The molecule has 3 heteroatoms. The van der Waals surface area contributed by atoms with Crippen LogP contribution >= 0.6 is 0 Å². The Labute approximate surface area is 112 Å². The largest absolute Gasteiger partial charge is 0.312 e. The number of rotatable bonds is 4. The molecular weight excluding hydrogens is 222 g/mol. The van der Waals surface area contributed by atoms with Crippen molar-refractivity contribution in [1.29, 1.82) is 0 Å². The van der Waals surface area contributed by atoms with E-state index in [1.165, 1.54) is 71.2 Å². The molecule has 4 fully saturated rings. The van der Waals surface area contributed by atoms with Gasteiger partial charge in [-0.25, -0.2) is 0 Å². The van der Waals surface area contributed by atoms with Gasteiger partial charge in [-0.3, -0.25) is 0 Å². The fourth-order valence-electron chi connectivity index (χ4n) is 4.14. The molecule has 4 heterocycles. The molecule has 2 unspecified atom stereocenters. The second-order valence-corrected chi connectivity index (χ2v) is 6.62. The van der Waals surface area contributed by atoms with Gasteiger partial charge in [0.15, 0.2) is 0 Å². The van der Waals surface area contributed by atoms with Gasteiger partial charge in [0.25, 0.3) is 0 Å². The molecule has 0 aromatic rings. The Morgan fingerprint density at radius 1 is 1.06 bits per heavy atom. The summed E-state index contributed by atoms with van der Waals surface area (Å²) >= 11 is 0. The summed E-state index contributed by atoms with van der Waals surface area (Å²) in [5.74, 6) is 0.971. The Bertz CT molecular complexity index is 260. The lowest BCUT2D eigenvalue weighted by molar-refractivity contribution is 0.0707. The van der Waals surface area contributed by atoms with Crippen LogP contribution in [0.15, 0.2) is 0 Å². The lowest BCUT2D eigenvalue weighted by Gasteiger charge is -2.45. The van der Waals surface area contributed by atoms with Gasteiger partial charge in [-0.2, -0.15) is 0 Å². The first kappa shape index (κ1) is 12.9. The number of nitrogens with one attached hydrogen (secondary N) is 1. The summed E-state index contributed by atoms with van der Waals surface area (Å²) in [5, 5.41) is 3.85. The number of hydrogen-bond donors (Lipinski definition) is 1. The van der Waals surface area contributed by atoms with Crippen LogP contribution in [0.5, 0.6) is 0 Å². The van der Waals surface area contributed by atoms with Gasteiger partial charge in [0.2, 0.25) is 0 Å². The lowest BCUT2D eigenvalue weighted by Crippen LogP contribution is -2.56. The average Bonchev–Trinajstić information content (AvgIpc) is 2.42. The fraction of sp³-hybridized carbons (Fsp3) is 1.00. The van der Waals surface area contributed by atoms with E-state index >= 15 is 0 Å². The maximum Gasteiger partial charge on any atom is 0.0224 e. The monoisotopic (exact) mass is 251 g/mol. The highest BCUT2D eigenvalue weighted by Crippen LogP contribution is 2.27. The maximum absolute atomic E-state index is 3.85. The van der Waals surface area contributed by atoms with Crippen LogP contribution in [0.2, 0.25) is 0 Å². The van der Waals surface area contributed by atoms with Crippen LogP contribution in [0.25, 0.3) is 0 Å². The fourth-order valence-corrected chi connectivity index (χ4v) is 4.14. The van der Waals surface area contributed by atoms with E-state index in [1.54, 1.807) is 0 Å². The minimum absolute atomic E-state index is 0.793. The second kappa shape index (κ2) is 5.89. The first-order valence-electron chi connectivity index (χ1n) is 7.99. The molecule has 4 rings (SSSR count). The molecular formula is C15H29N3. The van der Waals surface area contributed by atoms with Gasteiger partial charge in [-0.15, -0.1) is 0 Å². The van der Waals surface area contributed by atoms with Crippen LogP contribution in [-0.4, -0.2) is 61.7 Å². The number of fused-ring (bicyclic) bond motifs is 3. The van der Waals surface area contributed by atoms with E-state index < -0.39 is 0 Å². The van der Waals surface area contributed by atoms with Gasteiger partial charge in [-0.1, -0.05) is 6.42 Å². The van der Waals surface area contributed by atoms with Crippen LogP contribution in [0.3, 0.4) is 0 Å². The van der Waals surface area contributed by atoms with Gasteiger partial charge in [0.1, 0.15) is 0 Å². The predicted octanol–water partition coefficient (Wildman–Crippen LogP) is 1.54. The molecule has 0 saturated carbocycles. The summed E-state index contributed by atoms with van der Waals surface area (Å²) in [6, 6.07) is 1.63. The van der Waals surface area contributed by atoms with Crippen LogP contribution in [0.1, 0.15) is 38.5 Å². The van der Waals surface area contributed by atoms with Crippen LogP contribution in [0.4, 0.5) is 0 Å². The quantitative estimate of drug-likeness (QED) is 0.818. The minimum atomic E-state index is 0.793. The molecule has 0 amide bonds. The third-order valence-corrected chi connectivity index (χ3v) is 5.46. The standard InChI is InChI=1S/C15H29N3/c1-17-9-3-2-4-14(17)5-8-16-15-12-18-10-6-13(15)7-11-18/h13-16H,2-12H2,1H3. The molecule has 18 heavy (non-hydrogen) atoms. The minimum Gasteiger partial charge on any atom is -0.312 e.